The summed E-state index contributed by atoms with van der Waals surface area (Å²) >= 11 is 0. The van der Waals surface area contributed by atoms with Crippen molar-refractivity contribution in [3.05, 3.63) is 35.4 Å². The number of sulfonamides is 1. The minimum Gasteiger partial charge on any atom is -0.380 e. The van der Waals surface area contributed by atoms with Crippen LogP contribution in [0.5, 0.6) is 0 Å². The lowest BCUT2D eigenvalue weighted by Crippen LogP contribution is -2.40. The molecule has 1 aromatic carbocycles. The molecule has 0 bridgehead atoms. The molecular weight excluding hydrogens is 274 g/mol. The summed E-state index contributed by atoms with van der Waals surface area (Å²) in [6.45, 7) is 3.44. The molecule has 1 aromatic rings. The number of hydrogen-bond donors (Lipinski definition) is 0. The molecule has 1 heterocycles. The SMILES string of the molecule is Cc1ccc(CN(C2CC2)S(=O)(=O)[C@H]2CCOC2)cc1. The first-order chi connectivity index (χ1) is 9.57. The van der Waals surface area contributed by atoms with Crippen molar-refractivity contribution in [2.45, 2.75) is 44.0 Å². The van der Waals surface area contributed by atoms with E-state index in [0.29, 0.717) is 26.2 Å². The third-order valence-corrected chi connectivity index (χ3v) is 6.34. The predicted octanol–water partition coefficient (Wildman–Crippen LogP) is 2.08. The molecular formula is C15H21NO3S. The second kappa shape index (κ2) is 5.47. The van der Waals surface area contributed by atoms with Gasteiger partial charge in [0.15, 0.2) is 0 Å². The molecule has 20 heavy (non-hydrogen) atoms. The Bertz CT molecular complexity index is 557. The summed E-state index contributed by atoms with van der Waals surface area (Å²) in [6.07, 6.45) is 2.59. The van der Waals surface area contributed by atoms with Crippen LogP contribution in [-0.4, -0.2) is 37.2 Å². The lowest BCUT2D eigenvalue weighted by Gasteiger charge is -2.25. The summed E-state index contributed by atoms with van der Waals surface area (Å²) in [5.41, 5.74) is 2.25. The average Bonchev–Trinajstić information content (AvgIpc) is 3.09. The van der Waals surface area contributed by atoms with Gasteiger partial charge in [0.25, 0.3) is 0 Å². The normalized spacial score (nSPS) is 23.4. The summed E-state index contributed by atoms with van der Waals surface area (Å²) < 4.78 is 32.4. The molecule has 5 heteroatoms. The zero-order valence-electron chi connectivity index (χ0n) is 11.8. The van der Waals surface area contributed by atoms with E-state index >= 15 is 0 Å². The molecule has 0 N–H and O–H groups in total. The number of aryl methyl sites for hydroxylation is 1. The fraction of sp³-hybridized carbons (Fsp3) is 0.600. The van der Waals surface area contributed by atoms with Crippen molar-refractivity contribution in [1.82, 2.24) is 4.31 Å². The minimum atomic E-state index is -3.24. The van der Waals surface area contributed by atoms with Gasteiger partial charge >= 0.3 is 0 Å². The van der Waals surface area contributed by atoms with E-state index in [9.17, 15) is 8.42 Å². The Morgan fingerprint density at radius 1 is 1.20 bits per heavy atom. The lowest BCUT2D eigenvalue weighted by molar-refractivity contribution is 0.197. The van der Waals surface area contributed by atoms with Gasteiger partial charge in [0.05, 0.1) is 6.61 Å². The third kappa shape index (κ3) is 2.90. The van der Waals surface area contributed by atoms with Crippen LogP contribution in [0, 0.1) is 6.92 Å². The van der Waals surface area contributed by atoms with Crippen LogP contribution in [0.1, 0.15) is 30.4 Å². The van der Waals surface area contributed by atoms with E-state index in [1.807, 2.05) is 31.2 Å². The Morgan fingerprint density at radius 3 is 2.45 bits per heavy atom. The van der Waals surface area contributed by atoms with E-state index < -0.39 is 10.0 Å². The molecule has 3 rings (SSSR count). The van der Waals surface area contributed by atoms with Gasteiger partial charge in [-0.25, -0.2) is 8.42 Å². The summed E-state index contributed by atoms with van der Waals surface area (Å²) in [4.78, 5) is 0. The first kappa shape index (κ1) is 14.0. The van der Waals surface area contributed by atoms with Crippen molar-refractivity contribution >= 4 is 10.0 Å². The van der Waals surface area contributed by atoms with E-state index in [-0.39, 0.29) is 11.3 Å². The average molecular weight is 295 g/mol. The predicted molar refractivity (Wildman–Crippen MR) is 77.9 cm³/mol. The molecule has 110 valence electrons. The number of benzene rings is 1. The van der Waals surface area contributed by atoms with Crippen LogP contribution in [0.25, 0.3) is 0 Å². The highest BCUT2D eigenvalue weighted by Crippen LogP contribution is 2.33. The lowest BCUT2D eigenvalue weighted by atomic mass is 10.1. The number of nitrogens with zero attached hydrogens (tertiary/aromatic N) is 1. The van der Waals surface area contributed by atoms with E-state index in [2.05, 4.69) is 0 Å². The monoisotopic (exact) mass is 295 g/mol. The van der Waals surface area contributed by atoms with Crippen LogP contribution in [0.15, 0.2) is 24.3 Å². The van der Waals surface area contributed by atoms with Crippen LogP contribution in [0.3, 0.4) is 0 Å². The molecule has 1 saturated heterocycles. The maximum absolute atomic E-state index is 12.7. The van der Waals surface area contributed by atoms with E-state index in [4.69, 9.17) is 4.74 Å². The summed E-state index contributed by atoms with van der Waals surface area (Å²) in [5.74, 6) is 0. The first-order valence-corrected chi connectivity index (χ1v) is 8.71. The van der Waals surface area contributed by atoms with Gasteiger partial charge < -0.3 is 4.74 Å². The zero-order chi connectivity index (χ0) is 14.2. The Labute approximate surface area is 120 Å². The molecule has 0 spiro atoms. The van der Waals surface area contributed by atoms with E-state index in [0.717, 1.165) is 18.4 Å². The highest BCUT2D eigenvalue weighted by molar-refractivity contribution is 7.89. The van der Waals surface area contributed by atoms with Crippen molar-refractivity contribution in [3.63, 3.8) is 0 Å². The molecule has 0 amide bonds. The third-order valence-electron chi connectivity index (χ3n) is 4.05. The number of hydrogen-bond acceptors (Lipinski definition) is 3. The van der Waals surface area contributed by atoms with Gasteiger partial charge in [0, 0.05) is 19.2 Å². The quantitative estimate of drug-likeness (QED) is 0.835. The maximum atomic E-state index is 12.7. The van der Waals surface area contributed by atoms with E-state index in [1.54, 1.807) is 4.31 Å². The minimum absolute atomic E-state index is 0.196. The molecule has 0 radical (unpaired) electrons. The molecule has 4 nitrogen and oxygen atoms in total. The van der Waals surface area contributed by atoms with Crippen LogP contribution in [0.2, 0.25) is 0 Å². The fourth-order valence-corrected chi connectivity index (χ4v) is 4.60. The highest BCUT2D eigenvalue weighted by Gasteiger charge is 2.42. The molecule has 2 aliphatic rings. The van der Waals surface area contributed by atoms with Crippen molar-refractivity contribution in [3.8, 4) is 0 Å². The van der Waals surface area contributed by atoms with E-state index in [1.165, 1.54) is 5.56 Å². The van der Waals surface area contributed by atoms with Gasteiger partial charge in [-0.1, -0.05) is 29.8 Å². The van der Waals surface area contributed by atoms with Crippen molar-refractivity contribution in [2.75, 3.05) is 13.2 Å². The molecule has 1 aliphatic heterocycles. The zero-order valence-corrected chi connectivity index (χ0v) is 12.6. The molecule has 1 saturated carbocycles. The van der Waals surface area contributed by atoms with Crippen LogP contribution >= 0.6 is 0 Å². The molecule has 1 atom stereocenters. The summed E-state index contributed by atoms with van der Waals surface area (Å²) in [5, 5.41) is -0.353. The van der Waals surface area contributed by atoms with Gasteiger partial charge in [-0.05, 0) is 31.7 Å². The summed E-state index contributed by atoms with van der Waals surface area (Å²) in [6, 6.07) is 8.30. The molecule has 1 aliphatic carbocycles. The fourth-order valence-electron chi connectivity index (χ4n) is 2.60. The smallest absolute Gasteiger partial charge is 0.219 e. The van der Waals surface area contributed by atoms with Crippen molar-refractivity contribution in [2.24, 2.45) is 0 Å². The number of ether oxygens (including phenoxy) is 1. The Hall–Kier alpha value is -0.910. The van der Waals surface area contributed by atoms with Crippen molar-refractivity contribution < 1.29 is 13.2 Å². The molecule has 0 aromatic heterocycles. The molecule has 0 unspecified atom stereocenters. The van der Waals surface area contributed by atoms with Gasteiger partial charge in [0.1, 0.15) is 5.25 Å². The standard InChI is InChI=1S/C15H21NO3S/c1-12-2-4-13(5-3-12)10-16(14-6-7-14)20(17,18)15-8-9-19-11-15/h2-5,14-15H,6-11H2,1H3/t15-/m0/s1. The highest BCUT2D eigenvalue weighted by atomic mass is 32.2. The Balaban J connectivity index is 1.80. The van der Waals surface area contributed by atoms with Crippen LogP contribution in [-0.2, 0) is 21.3 Å². The van der Waals surface area contributed by atoms with Crippen molar-refractivity contribution in [1.29, 1.82) is 0 Å². The summed E-state index contributed by atoms with van der Waals surface area (Å²) in [7, 11) is -3.24. The van der Waals surface area contributed by atoms with Crippen LogP contribution < -0.4 is 0 Å². The van der Waals surface area contributed by atoms with Gasteiger partial charge in [-0.3, -0.25) is 0 Å². The second-order valence-electron chi connectivity index (χ2n) is 5.79. The Morgan fingerprint density at radius 2 is 1.90 bits per heavy atom. The largest absolute Gasteiger partial charge is 0.380 e. The molecule has 2 fully saturated rings. The maximum Gasteiger partial charge on any atom is 0.219 e. The topological polar surface area (TPSA) is 46.6 Å². The van der Waals surface area contributed by atoms with Gasteiger partial charge in [-0.15, -0.1) is 0 Å². The van der Waals surface area contributed by atoms with Crippen LogP contribution in [0.4, 0.5) is 0 Å². The first-order valence-electron chi connectivity index (χ1n) is 7.21. The van der Waals surface area contributed by atoms with Gasteiger partial charge in [-0.2, -0.15) is 4.31 Å². The second-order valence-corrected chi connectivity index (χ2v) is 7.96. The van der Waals surface area contributed by atoms with Gasteiger partial charge in [0.2, 0.25) is 10.0 Å². The Kier molecular flexibility index (Phi) is 3.84. The number of rotatable bonds is 5.